The number of carboxylic acids is 1. The number of hydrogen-bond acceptors (Lipinski definition) is 6. The maximum absolute atomic E-state index is 12.9. The number of likely N-dealkylation sites (tertiary alicyclic amines) is 1. The highest BCUT2D eigenvalue weighted by Gasteiger charge is 2.22. The second kappa shape index (κ2) is 12.6. The molecule has 36 heavy (non-hydrogen) atoms. The Morgan fingerprint density at radius 1 is 0.889 bits per heavy atom. The molecule has 2 aromatic carbocycles. The number of piperazine rings is 1. The fourth-order valence-electron chi connectivity index (χ4n) is 4.89. The largest absolute Gasteiger partial charge is 0.494 e. The van der Waals surface area contributed by atoms with E-state index in [0.717, 1.165) is 44.1 Å². The molecule has 2 aromatic rings. The molecule has 0 radical (unpaired) electrons. The van der Waals surface area contributed by atoms with Crippen molar-refractivity contribution in [2.45, 2.75) is 38.6 Å². The Labute approximate surface area is 213 Å². The molecule has 0 spiro atoms. The summed E-state index contributed by atoms with van der Waals surface area (Å²) in [6.07, 6.45) is 5.02. The lowest BCUT2D eigenvalue weighted by Crippen LogP contribution is -2.48. The zero-order valence-electron chi connectivity index (χ0n) is 21.1. The summed E-state index contributed by atoms with van der Waals surface area (Å²) < 4.78 is 11.1. The van der Waals surface area contributed by atoms with E-state index >= 15 is 0 Å². The Kier molecular flexibility index (Phi) is 9.06. The number of anilines is 1. The van der Waals surface area contributed by atoms with Crippen LogP contribution in [0, 0.1) is 0 Å². The Balaban J connectivity index is 1.19. The van der Waals surface area contributed by atoms with E-state index in [1.165, 1.54) is 25.8 Å². The molecule has 1 atom stereocenters. The Hall–Kier alpha value is -3.26. The summed E-state index contributed by atoms with van der Waals surface area (Å²) in [5.74, 6) is 0.271. The van der Waals surface area contributed by atoms with Crippen LogP contribution >= 0.6 is 0 Å². The molecule has 2 heterocycles. The summed E-state index contributed by atoms with van der Waals surface area (Å²) in [6, 6.07) is 15.6. The van der Waals surface area contributed by atoms with Crippen molar-refractivity contribution < 1.29 is 24.2 Å². The monoisotopic (exact) mass is 495 g/mol. The average Bonchev–Trinajstić information content (AvgIpc) is 2.91. The van der Waals surface area contributed by atoms with E-state index in [0.29, 0.717) is 30.4 Å². The number of benzene rings is 2. The smallest absolute Gasteiger partial charge is 0.341 e. The van der Waals surface area contributed by atoms with Gasteiger partial charge in [0.2, 0.25) is 0 Å². The van der Waals surface area contributed by atoms with Gasteiger partial charge in [-0.15, -0.1) is 0 Å². The quantitative estimate of drug-likeness (QED) is 0.503. The average molecular weight is 496 g/mol. The number of amides is 1. The highest BCUT2D eigenvalue weighted by atomic mass is 16.5. The SMILES string of the molecule is CC1CCCCN1CCCOc1ccc(N2CCN(C(=O)c3ccc(OCC(=O)O)cc3)CC2)cc1. The van der Waals surface area contributed by atoms with Gasteiger partial charge in [-0.05, 0) is 81.3 Å². The normalized spacial score (nSPS) is 18.6. The maximum Gasteiger partial charge on any atom is 0.341 e. The van der Waals surface area contributed by atoms with Crippen molar-refractivity contribution >= 4 is 17.6 Å². The van der Waals surface area contributed by atoms with E-state index in [9.17, 15) is 9.59 Å². The number of carboxylic acid groups (broad SMARTS) is 1. The zero-order valence-corrected chi connectivity index (χ0v) is 21.1. The summed E-state index contributed by atoms with van der Waals surface area (Å²) in [6.45, 7) is 7.78. The van der Waals surface area contributed by atoms with E-state index in [1.807, 2.05) is 17.0 Å². The number of nitrogens with zero attached hydrogens (tertiary/aromatic N) is 3. The lowest BCUT2D eigenvalue weighted by molar-refractivity contribution is -0.139. The molecule has 0 aliphatic carbocycles. The number of carbonyl (C=O) groups is 2. The van der Waals surface area contributed by atoms with Gasteiger partial charge in [-0.25, -0.2) is 4.79 Å². The first-order valence-corrected chi connectivity index (χ1v) is 13.0. The van der Waals surface area contributed by atoms with Gasteiger partial charge < -0.3 is 29.3 Å². The fraction of sp³-hybridized carbons (Fsp3) is 0.500. The van der Waals surface area contributed by atoms with Crippen molar-refractivity contribution in [2.24, 2.45) is 0 Å². The molecule has 0 saturated carbocycles. The predicted octanol–water partition coefficient (Wildman–Crippen LogP) is 3.76. The number of carbonyl (C=O) groups excluding carboxylic acids is 1. The molecule has 1 unspecified atom stereocenters. The van der Waals surface area contributed by atoms with E-state index in [-0.39, 0.29) is 5.91 Å². The molecular formula is C28H37N3O5. The predicted molar refractivity (Wildman–Crippen MR) is 139 cm³/mol. The van der Waals surface area contributed by atoms with Crippen LogP contribution in [0.2, 0.25) is 0 Å². The van der Waals surface area contributed by atoms with Crippen LogP contribution in [0.4, 0.5) is 5.69 Å². The standard InChI is InChI=1S/C28H37N3O5/c1-22-5-2-3-14-29(22)15-4-20-35-25-12-8-24(9-13-25)30-16-18-31(19-17-30)28(34)23-6-10-26(11-7-23)36-21-27(32)33/h6-13,22H,2-5,14-21H2,1H3,(H,32,33). The van der Waals surface area contributed by atoms with Crippen molar-refractivity contribution in [1.29, 1.82) is 0 Å². The molecule has 2 saturated heterocycles. The van der Waals surface area contributed by atoms with Gasteiger partial charge in [0.05, 0.1) is 6.61 Å². The Morgan fingerprint density at radius 3 is 2.22 bits per heavy atom. The molecule has 8 nitrogen and oxygen atoms in total. The number of ether oxygens (including phenoxy) is 2. The van der Waals surface area contributed by atoms with Crippen LogP contribution in [-0.2, 0) is 4.79 Å². The van der Waals surface area contributed by atoms with Crippen LogP contribution in [0.3, 0.4) is 0 Å². The van der Waals surface area contributed by atoms with E-state index in [2.05, 4.69) is 28.9 Å². The van der Waals surface area contributed by atoms with E-state index in [4.69, 9.17) is 14.6 Å². The molecule has 0 aromatic heterocycles. The third-order valence-corrected chi connectivity index (χ3v) is 7.03. The summed E-state index contributed by atoms with van der Waals surface area (Å²) in [5.41, 5.74) is 1.71. The van der Waals surface area contributed by atoms with Gasteiger partial charge in [0.25, 0.3) is 5.91 Å². The van der Waals surface area contributed by atoms with Crippen molar-refractivity contribution in [1.82, 2.24) is 9.80 Å². The molecule has 194 valence electrons. The van der Waals surface area contributed by atoms with Crippen LogP contribution < -0.4 is 14.4 Å². The van der Waals surface area contributed by atoms with Crippen molar-refractivity contribution in [3.63, 3.8) is 0 Å². The highest BCUT2D eigenvalue weighted by molar-refractivity contribution is 5.94. The molecule has 0 bridgehead atoms. The molecule has 1 N–H and O–H groups in total. The molecule has 2 fully saturated rings. The van der Waals surface area contributed by atoms with Crippen LogP contribution in [-0.4, -0.2) is 85.3 Å². The Bertz CT molecular complexity index is 987. The molecule has 2 aliphatic heterocycles. The number of hydrogen-bond donors (Lipinski definition) is 1. The summed E-state index contributed by atoms with van der Waals surface area (Å²) in [4.78, 5) is 30.2. The van der Waals surface area contributed by atoms with E-state index in [1.54, 1.807) is 24.3 Å². The molecular weight excluding hydrogens is 458 g/mol. The second-order valence-electron chi connectivity index (χ2n) is 9.56. The maximum atomic E-state index is 12.9. The topological polar surface area (TPSA) is 82.5 Å². The molecule has 1 amide bonds. The van der Waals surface area contributed by atoms with E-state index < -0.39 is 12.6 Å². The third-order valence-electron chi connectivity index (χ3n) is 7.03. The van der Waals surface area contributed by atoms with Gasteiger partial charge in [-0.2, -0.15) is 0 Å². The lowest BCUT2D eigenvalue weighted by atomic mass is 10.0. The van der Waals surface area contributed by atoms with Crippen LogP contribution in [0.1, 0.15) is 43.0 Å². The van der Waals surface area contributed by atoms with Crippen molar-refractivity contribution in [3.8, 4) is 11.5 Å². The first-order chi connectivity index (χ1) is 17.5. The van der Waals surface area contributed by atoms with Gasteiger partial charge in [0.1, 0.15) is 11.5 Å². The number of piperidine rings is 1. The minimum Gasteiger partial charge on any atom is -0.494 e. The van der Waals surface area contributed by atoms with Gasteiger partial charge >= 0.3 is 5.97 Å². The van der Waals surface area contributed by atoms with Gasteiger partial charge in [-0.3, -0.25) is 4.79 Å². The third kappa shape index (κ3) is 7.13. The van der Waals surface area contributed by atoms with Gasteiger partial charge in [0.15, 0.2) is 6.61 Å². The summed E-state index contributed by atoms with van der Waals surface area (Å²) >= 11 is 0. The summed E-state index contributed by atoms with van der Waals surface area (Å²) in [5, 5.41) is 8.70. The van der Waals surface area contributed by atoms with Gasteiger partial charge in [-0.1, -0.05) is 6.42 Å². The molecule has 4 rings (SSSR count). The first kappa shape index (κ1) is 25.8. The lowest BCUT2D eigenvalue weighted by Gasteiger charge is -2.36. The van der Waals surface area contributed by atoms with Crippen LogP contribution in [0.25, 0.3) is 0 Å². The molecule has 8 heteroatoms. The summed E-state index contributed by atoms with van der Waals surface area (Å²) in [7, 11) is 0. The fourth-order valence-corrected chi connectivity index (χ4v) is 4.89. The highest BCUT2D eigenvalue weighted by Crippen LogP contribution is 2.22. The molecule has 2 aliphatic rings. The zero-order chi connectivity index (χ0) is 25.3. The number of aliphatic carboxylic acids is 1. The Morgan fingerprint density at radius 2 is 1.56 bits per heavy atom. The number of rotatable bonds is 10. The minimum atomic E-state index is -1.03. The van der Waals surface area contributed by atoms with Crippen LogP contribution in [0.5, 0.6) is 11.5 Å². The van der Waals surface area contributed by atoms with Crippen LogP contribution in [0.15, 0.2) is 48.5 Å². The first-order valence-electron chi connectivity index (χ1n) is 13.0. The van der Waals surface area contributed by atoms with Crippen molar-refractivity contribution in [2.75, 3.05) is 57.4 Å². The minimum absolute atomic E-state index is 0.0258. The second-order valence-corrected chi connectivity index (χ2v) is 9.56. The van der Waals surface area contributed by atoms with Crippen molar-refractivity contribution in [3.05, 3.63) is 54.1 Å². The van der Waals surface area contributed by atoms with Gasteiger partial charge in [0, 0.05) is 50.0 Å².